The molecule has 1 aliphatic rings. The van der Waals surface area contributed by atoms with Crippen LogP contribution in [0.4, 0.5) is 5.13 Å². The minimum atomic E-state index is -0.218. The topological polar surface area (TPSA) is 60.9 Å². The van der Waals surface area contributed by atoms with Gasteiger partial charge in [0.1, 0.15) is 13.2 Å². The normalized spacial score (nSPS) is 13.0. The van der Waals surface area contributed by atoms with Gasteiger partial charge in [-0.05, 0) is 24.3 Å². The standard InChI is InChI=1S/C19H17ClN2O4S/c1-24-7-6-22(19-21-14-4-2-3-5-16(14)27-19)18(23)12-10-13(20)17-15(11-12)25-8-9-26-17/h2-5,10-11H,6-9H2,1H3. The third kappa shape index (κ3) is 3.58. The highest BCUT2D eigenvalue weighted by atomic mass is 35.5. The quantitative estimate of drug-likeness (QED) is 0.642. The van der Waals surface area contributed by atoms with Crippen molar-refractivity contribution in [1.82, 2.24) is 4.98 Å². The number of hydrogen-bond acceptors (Lipinski definition) is 6. The molecule has 0 spiro atoms. The zero-order chi connectivity index (χ0) is 18.8. The Morgan fingerprint density at radius 3 is 2.93 bits per heavy atom. The molecule has 1 aliphatic heterocycles. The molecule has 0 bridgehead atoms. The van der Waals surface area contributed by atoms with E-state index >= 15 is 0 Å². The van der Waals surface area contributed by atoms with Crippen LogP contribution in [0.3, 0.4) is 0 Å². The van der Waals surface area contributed by atoms with Crippen LogP contribution in [0.2, 0.25) is 5.02 Å². The molecule has 0 saturated heterocycles. The molecular formula is C19H17ClN2O4S. The molecule has 0 aliphatic carbocycles. The number of benzene rings is 2. The van der Waals surface area contributed by atoms with Crippen LogP contribution in [0.15, 0.2) is 36.4 Å². The van der Waals surface area contributed by atoms with Gasteiger partial charge < -0.3 is 14.2 Å². The summed E-state index contributed by atoms with van der Waals surface area (Å²) in [6, 6.07) is 11.0. The Kier molecular flexibility index (Phi) is 5.15. The number of anilines is 1. The van der Waals surface area contributed by atoms with Crippen LogP contribution in [0.5, 0.6) is 11.5 Å². The Bertz CT molecular complexity index is 958. The summed E-state index contributed by atoms with van der Waals surface area (Å²) in [4.78, 5) is 19.5. The Balaban J connectivity index is 1.71. The van der Waals surface area contributed by atoms with Crippen LogP contribution >= 0.6 is 22.9 Å². The summed E-state index contributed by atoms with van der Waals surface area (Å²) in [6.07, 6.45) is 0. The molecule has 140 valence electrons. The Morgan fingerprint density at radius 1 is 1.30 bits per heavy atom. The molecule has 2 aromatic carbocycles. The van der Waals surface area contributed by atoms with E-state index in [2.05, 4.69) is 4.98 Å². The molecular weight excluding hydrogens is 388 g/mol. The summed E-state index contributed by atoms with van der Waals surface area (Å²) in [6.45, 7) is 1.62. The van der Waals surface area contributed by atoms with Crippen LogP contribution in [0.25, 0.3) is 10.2 Å². The number of fused-ring (bicyclic) bond motifs is 2. The number of ether oxygens (including phenoxy) is 3. The lowest BCUT2D eigenvalue weighted by molar-refractivity contribution is 0.0974. The largest absolute Gasteiger partial charge is 0.486 e. The van der Waals surface area contributed by atoms with Crippen molar-refractivity contribution in [2.75, 3.05) is 38.4 Å². The van der Waals surface area contributed by atoms with Gasteiger partial charge in [-0.2, -0.15) is 0 Å². The summed E-state index contributed by atoms with van der Waals surface area (Å²) in [5, 5.41) is 0.968. The maximum Gasteiger partial charge on any atom is 0.260 e. The molecule has 8 heteroatoms. The predicted molar refractivity (Wildman–Crippen MR) is 106 cm³/mol. The van der Waals surface area contributed by atoms with Crippen molar-refractivity contribution in [3.05, 3.63) is 47.0 Å². The van der Waals surface area contributed by atoms with Crippen molar-refractivity contribution in [2.24, 2.45) is 0 Å². The number of hydrogen-bond donors (Lipinski definition) is 0. The van der Waals surface area contributed by atoms with Crippen molar-refractivity contribution in [1.29, 1.82) is 0 Å². The van der Waals surface area contributed by atoms with Crippen LogP contribution in [0, 0.1) is 0 Å². The van der Waals surface area contributed by atoms with Gasteiger partial charge in [-0.15, -0.1) is 0 Å². The molecule has 4 rings (SSSR count). The number of halogens is 1. The van der Waals surface area contributed by atoms with Crippen molar-refractivity contribution in [3.63, 3.8) is 0 Å². The SMILES string of the molecule is COCCN(C(=O)c1cc(Cl)c2c(c1)OCCO2)c1nc2ccccc2s1. The van der Waals surface area contributed by atoms with E-state index in [9.17, 15) is 4.79 Å². The van der Waals surface area contributed by atoms with E-state index in [0.29, 0.717) is 53.6 Å². The molecule has 0 fully saturated rings. The maximum atomic E-state index is 13.2. The zero-order valence-corrected chi connectivity index (χ0v) is 16.2. The first-order valence-corrected chi connectivity index (χ1v) is 9.62. The second kappa shape index (κ2) is 7.72. The van der Waals surface area contributed by atoms with Gasteiger partial charge in [0.2, 0.25) is 0 Å². The number of amides is 1. The summed E-state index contributed by atoms with van der Waals surface area (Å²) >= 11 is 7.76. The summed E-state index contributed by atoms with van der Waals surface area (Å²) in [5.41, 5.74) is 1.27. The van der Waals surface area contributed by atoms with Crippen LogP contribution in [-0.4, -0.2) is 44.4 Å². The van der Waals surface area contributed by atoms with Gasteiger partial charge >= 0.3 is 0 Å². The highest BCUT2D eigenvalue weighted by Crippen LogP contribution is 2.39. The van der Waals surface area contributed by atoms with E-state index in [1.54, 1.807) is 24.1 Å². The molecule has 0 radical (unpaired) electrons. The number of nitrogens with zero attached hydrogens (tertiary/aromatic N) is 2. The lowest BCUT2D eigenvalue weighted by atomic mass is 10.1. The molecule has 3 aromatic rings. The molecule has 1 aromatic heterocycles. The summed E-state index contributed by atoms with van der Waals surface area (Å²) in [5.74, 6) is 0.737. The third-order valence-corrected chi connectivity index (χ3v) is 5.46. The minimum absolute atomic E-state index is 0.218. The smallest absolute Gasteiger partial charge is 0.260 e. The summed E-state index contributed by atoms with van der Waals surface area (Å²) in [7, 11) is 1.60. The van der Waals surface area contributed by atoms with Gasteiger partial charge in [0.25, 0.3) is 5.91 Å². The maximum absolute atomic E-state index is 13.2. The first-order valence-electron chi connectivity index (χ1n) is 8.43. The lowest BCUT2D eigenvalue weighted by Gasteiger charge is -2.23. The fraction of sp³-hybridized carbons (Fsp3) is 0.263. The predicted octanol–water partition coefficient (Wildman–Crippen LogP) is 4.01. The van der Waals surface area contributed by atoms with Crippen molar-refractivity contribution < 1.29 is 19.0 Å². The van der Waals surface area contributed by atoms with Crippen molar-refractivity contribution >= 4 is 44.2 Å². The van der Waals surface area contributed by atoms with Crippen molar-refractivity contribution in [3.8, 4) is 11.5 Å². The van der Waals surface area contributed by atoms with Crippen LogP contribution < -0.4 is 14.4 Å². The fourth-order valence-corrected chi connectivity index (χ4v) is 4.09. The molecule has 0 unspecified atom stereocenters. The number of rotatable bonds is 5. The molecule has 1 amide bonds. The highest BCUT2D eigenvalue weighted by molar-refractivity contribution is 7.22. The van der Waals surface area contributed by atoms with Gasteiger partial charge in [0, 0.05) is 12.7 Å². The minimum Gasteiger partial charge on any atom is -0.486 e. The van der Waals surface area contributed by atoms with E-state index in [-0.39, 0.29) is 5.91 Å². The van der Waals surface area contributed by atoms with E-state index in [1.807, 2.05) is 24.3 Å². The fourth-order valence-electron chi connectivity index (χ4n) is 2.83. The zero-order valence-electron chi connectivity index (χ0n) is 14.6. The van der Waals surface area contributed by atoms with E-state index in [1.165, 1.54) is 11.3 Å². The number of aromatic nitrogens is 1. The Hall–Kier alpha value is -2.35. The second-order valence-electron chi connectivity index (χ2n) is 5.90. The van der Waals surface area contributed by atoms with Gasteiger partial charge in [-0.25, -0.2) is 4.98 Å². The van der Waals surface area contributed by atoms with E-state index in [0.717, 1.165) is 10.2 Å². The third-order valence-electron chi connectivity index (χ3n) is 4.12. The molecule has 2 heterocycles. The average Bonchev–Trinajstić information content (AvgIpc) is 3.12. The number of thiazole rings is 1. The first kappa shape index (κ1) is 18.0. The van der Waals surface area contributed by atoms with Gasteiger partial charge in [-0.3, -0.25) is 9.69 Å². The first-order chi connectivity index (χ1) is 13.2. The lowest BCUT2D eigenvalue weighted by Crippen LogP contribution is -2.34. The highest BCUT2D eigenvalue weighted by Gasteiger charge is 2.25. The average molecular weight is 405 g/mol. The molecule has 0 N–H and O–H groups in total. The molecule has 27 heavy (non-hydrogen) atoms. The van der Waals surface area contributed by atoms with Crippen molar-refractivity contribution in [2.45, 2.75) is 0 Å². The molecule has 6 nitrogen and oxygen atoms in total. The number of methoxy groups -OCH3 is 1. The Labute approximate surface area is 165 Å². The summed E-state index contributed by atoms with van der Waals surface area (Å²) < 4.78 is 17.3. The monoisotopic (exact) mass is 404 g/mol. The molecule has 0 atom stereocenters. The van der Waals surface area contributed by atoms with E-state index < -0.39 is 0 Å². The van der Waals surface area contributed by atoms with Crippen LogP contribution in [0.1, 0.15) is 10.4 Å². The number of carbonyl (C=O) groups excluding carboxylic acids is 1. The Morgan fingerprint density at radius 2 is 2.11 bits per heavy atom. The number of carbonyl (C=O) groups is 1. The number of para-hydroxylation sites is 1. The molecule has 0 saturated carbocycles. The van der Waals surface area contributed by atoms with Gasteiger partial charge in [0.05, 0.1) is 28.4 Å². The second-order valence-corrected chi connectivity index (χ2v) is 7.31. The van der Waals surface area contributed by atoms with E-state index in [4.69, 9.17) is 25.8 Å². The van der Waals surface area contributed by atoms with Crippen LogP contribution in [-0.2, 0) is 4.74 Å². The van der Waals surface area contributed by atoms with Gasteiger partial charge in [0.15, 0.2) is 16.6 Å². The van der Waals surface area contributed by atoms with Gasteiger partial charge in [-0.1, -0.05) is 35.1 Å².